The van der Waals surface area contributed by atoms with Crippen LogP contribution in [-0.4, -0.2) is 23.6 Å². The van der Waals surface area contributed by atoms with Gasteiger partial charge in [0.2, 0.25) is 0 Å². The number of nitrogens with zero attached hydrogens (tertiary/aromatic N) is 3. The van der Waals surface area contributed by atoms with Crippen LogP contribution in [0.1, 0.15) is 42.1 Å². The summed E-state index contributed by atoms with van der Waals surface area (Å²) in [5.74, 6) is 2.53. The summed E-state index contributed by atoms with van der Waals surface area (Å²) in [7, 11) is 2.18. The van der Waals surface area contributed by atoms with Crippen molar-refractivity contribution in [2.75, 3.05) is 23.8 Å². The largest absolute Gasteiger partial charge is 0.374 e. The monoisotopic (exact) mass is 294 g/mol. The lowest BCUT2D eigenvalue weighted by Crippen LogP contribution is -2.24. The van der Waals surface area contributed by atoms with E-state index in [0.717, 1.165) is 24.7 Å². The Bertz CT molecular complexity index is 679. The molecule has 4 heteroatoms. The Balaban J connectivity index is 1.46. The first-order valence-corrected chi connectivity index (χ1v) is 8.19. The second kappa shape index (κ2) is 5.59. The lowest BCUT2D eigenvalue weighted by molar-refractivity contribution is 0.743. The Kier molecular flexibility index (Phi) is 3.45. The number of anilines is 2. The molecule has 1 saturated carbocycles. The van der Waals surface area contributed by atoms with E-state index in [0.29, 0.717) is 5.92 Å². The van der Waals surface area contributed by atoms with Crippen LogP contribution in [0.4, 0.5) is 11.5 Å². The Morgan fingerprint density at radius 3 is 3.05 bits per heavy atom. The van der Waals surface area contributed by atoms with Gasteiger partial charge in [-0.1, -0.05) is 12.1 Å². The summed E-state index contributed by atoms with van der Waals surface area (Å²) in [6.07, 6.45) is 6.78. The summed E-state index contributed by atoms with van der Waals surface area (Å²) in [5, 5.41) is 3.44. The molecule has 2 heterocycles. The van der Waals surface area contributed by atoms with Crippen molar-refractivity contribution in [2.24, 2.45) is 0 Å². The molecule has 0 spiro atoms. The van der Waals surface area contributed by atoms with Crippen LogP contribution in [0, 0.1) is 0 Å². The molecule has 114 valence electrons. The topological polar surface area (TPSA) is 41.0 Å². The minimum Gasteiger partial charge on any atom is -0.374 e. The normalized spacial score (nSPS) is 17.2. The van der Waals surface area contributed by atoms with Gasteiger partial charge in [0.1, 0.15) is 11.6 Å². The Morgan fingerprint density at radius 1 is 1.27 bits per heavy atom. The van der Waals surface area contributed by atoms with Crippen LogP contribution in [0.2, 0.25) is 0 Å². The predicted molar refractivity (Wildman–Crippen MR) is 89.4 cm³/mol. The van der Waals surface area contributed by atoms with Crippen molar-refractivity contribution in [1.29, 1.82) is 0 Å². The quantitative estimate of drug-likeness (QED) is 0.939. The molecule has 1 aromatic carbocycles. The number of nitrogens with one attached hydrogen (secondary N) is 1. The number of hydrogen-bond donors (Lipinski definition) is 1. The van der Waals surface area contributed by atoms with E-state index in [1.807, 2.05) is 12.3 Å². The van der Waals surface area contributed by atoms with E-state index in [-0.39, 0.29) is 0 Å². The van der Waals surface area contributed by atoms with Crippen molar-refractivity contribution < 1.29 is 0 Å². The SMILES string of the molecule is CN1CCCc2cc(CNc3ccnc(C4CC4)n3)ccc21. The molecular weight excluding hydrogens is 272 g/mol. The number of aryl methyl sites for hydroxylation is 1. The van der Waals surface area contributed by atoms with Crippen molar-refractivity contribution in [3.05, 3.63) is 47.4 Å². The average molecular weight is 294 g/mol. The fourth-order valence-corrected chi connectivity index (χ4v) is 3.15. The summed E-state index contributed by atoms with van der Waals surface area (Å²) in [5.41, 5.74) is 4.17. The summed E-state index contributed by atoms with van der Waals surface area (Å²) in [4.78, 5) is 11.3. The molecule has 1 aliphatic carbocycles. The van der Waals surface area contributed by atoms with Crippen molar-refractivity contribution in [3.63, 3.8) is 0 Å². The van der Waals surface area contributed by atoms with Gasteiger partial charge in [-0.3, -0.25) is 0 Å². The molecule has 1 aliphatic heterocycles. The number of fused-ring (bicyclic) bond motifs is 1. The average Bonchev–Trinajstić information content (AvgIpc) is 3.38. The maximum absolute atomic E-state index is 4.62. The van der Waals surface area contributed by atoms with E-state index >= 15 is 0 Å². The van der Waals surface area contributed by atoms with Crippen LogP contribution >= 0.6 is 0 Å². The van der Waals surface area contributed by atoms with Gasteiger partial charge in [0.15, 0.2) is 0 Å². The molecule has 1 aromatic heterocycles. The zero-order chi connectivity index (χ0) is 14.9. The molecule has 0 unspecified atom stereocenters. The first kappa shape index (κ1) is 13.6. The highest BCUT2D eigenvalue weighted by atomic mass is 15.1. The van der Waals surface area contributed by atoms with Gasteiger partial charge in [0.25, 0.3) is 0 Å². The number of rotatable bonds is 4. The highest BCUT2D eigenvalue weighted by Crippen LogP contribution is 2.38. The molecule has 2 aliphatic rings. The van der Waals surface area contributed by atoms with Crippen LogP contribution < -0.4 is 10.2 Å². The standard InChI is InChI=1S/C18H22N4/c1-22-10-2-3-15-11-13(4-7-16(15)22)12-20-17-8-9-19-18(21-17)14-5-6-14/h4,7-9,11,14H,2-3,5-6,10,12H2,1H3,(H,19,20,21). The van der Waals surface area contributed by atoms with E-state index in [9.17, 15) is 0 Å². The highest BCUT2D eigenvalue weighted by molar-refractivity contribution is 5.56. The lowest BCUT2D eigenvalue weighted by Gasteiger charge is -2.27. The van der Waals surface area contributed by atoms with Crippen LogP contribution in [0.5, 0.6) is 0 Å². The molecule has 0 saturated heterocycles. The molecule has 2 aromatic rings. The van der Waals surface area contributed by atoms with E-state index in [1.54, 1.807) is 0 Å². The van der Waals surface area contributed by atoms with E-state index in [1.165, 1.54) is 42.5 Å². The molecule has 0 amide bonds. The van der Waals surface area contributed by atoms with E-state index in [2.05, 4.69) is 45.4 Å². The van der Waals surface area contributed by atoms with Crippen molar-refractivity contribution >= 4 is 11.5 Å². The fourth-order valence-electron chi connectivity index (χ4n) is 3.15. The van der Waals surface area contributed by atoms with E-state index in [4.69, 9.17) is 0 Å². The highest BCUT2D eigenvalue weighted by Gasteiger charge is 2.26. The van der Waals surface area contributed by atoms with Gasteiger partial charge in [-0.2, -0.15) is 0 Å². The van der Waals surface area contributed by atoms with Crippen LogP contribution in [0.3, 0.4) is 0 Å². The van der Waals surface area contributed by atoms with Crippen LogP contribution in [0.15, 0.2) is 30.5 Å². The maximum atomic E-state index is 4.62. The third-order valence-corrected chi connectivity index (χ3v) is 4.59. The van der Waals surface area contributed by atoms with Gasteiger partial charge in [-0.05, 0) is 48.9 Å². The third-order valence-electron chi connectivity index (χ3n) is 4.59. The molecule has 1 fully saturated rings. The summed E-state index contributed by atoms with van der Waals surface area (Å²) in [6, 6.07) is 8.76. The lowest BCUT2D eigenvalue weighted by atomic mass is 9.99. The maximum Gasteiger partial charge on any atom is 0.133 e. The van der Waals surface area contributed by atoms with Crippen molar-refractivity contribution in [3.8, 4) is 0 Å². The molecule has 0 bridgehead atoms. The summed E-state index contributed by atoms with van der Waals surface area (Å²) in [6.45, 7) is 1.98. The number of benzene rings is 1. The third kappa shape index (κ3) is 2.78. The van der Waals surface area contributed by atoms with Gasteiger partial charge in [-0.25, -0.2) is 9.97 Å². The predicted octanol–water partition coefficient (Wildman–Crippen LogP) is 3.35. The second-order valence-corrected chi connectivity index (χ2v) is 6.42. The number of hydrogen-bond acceptors (Lipinski definition) is 4. The van der Waals surface area contributed by atoms with Gasteiger partial charge < -0.3 is 10.2 Å². The molecule has 22 heavy (non-hydrogen) atoms. The first-order valence-electron chi connectivity index (χ1n) is 8.19. The molecule has 4 nitrogen and oxygen atoms in total. The molecule has 4 rings (SSSR count). The molecule has 1 N–H and O–H groups in total. The van der Waals surface area contributed by atoms with E-state index < -0.39 is 0 Å². The van der Waals surface area contributed by atoms with Gasteiger partial charge in [0.05, 0.1) is 0 Å². The van der Waals surface area contributed by atoms with Crippen LogP contribution in [0.25, 0.3) is 0 Å². The zero-order valence-corrected chi connectivity index (χ0v) is 13.0. The Labute approximate surface area is 131 Å². The molecule has 0 atom stereocenters. The van der Waals surface area contributed by atoms with Gasteiger partial charge >= 0.3 is 0 Å². The Hall–Kier alpha value is -2.10. The molecule has 0 radical (unpaired) electrons. The fraction of sp³-hybridized carbons (Fsp3) is 0.444. The Morgan fingerprint density at radius 2 is 2.18 bits per heavy atom. The first-order chi connectivity index (χ1) is 10.8. The van der Waals surface area contributed by atoms with Crippen molar-refractivity contribution in [1.82, 2.24) is 9.97 Å². The summed E-state index contributed by atoms with van der Waals surface area (Å²) < 4.78 is 0. The summed E-state index contributed by atoms with van der Waals surface area (Å²) >= 11 is 0. The minimum atomic E-state index is 0.598. The smallest absolute Gasteiger partial charge is 0.133 e. The second-order valence-electron chi connectivity index (χ2n) is 6.42. The van der Waals surface area contributed by atoms with Gasteiger partial charge in [0, 0.05) is 37.9 Å². The van der Waals surface area contributed by atoms with Crippen molar-refractivity contribution in [2.45, 2.75) is 38.1 Å². The number of aromatic nitrogens is 2. The van der Waals surface area contributed by atoms with Crippen LogP contribution in [-0.2, 0) is 13.0 Å². The molecular formula is C18H22N4. The zero-order valence-electron chi connectivity index (χ0n) is 13.0. The minimum absolute atomic E-state index is 0.598. The van der Waals surface area contributed by atoms with Gasteiger partial charge in [-0.15, -0.1) is 0 Å².